The van der Waals surface area contributed by atoms with Gasteiger partial charge in [0.15, 0.2) is 0 Å². The summed E-state index contributed by atoms with van der Waals surface area (Å²) in [4.78, 5) is 2.64. The standard InChI is InChI=1S/C18H23F2N/c19-15-3-4-17(20)16(11-15)13-5-7-21(8-6-13)18-10-12-1-2-14(18)9-12/h3-4,11-14,18H,1-2,5-10H2/t12-,14?,18?/m1/s1. The Hall–Kier alpha value is -0.960. The van der Waals surface area contributed by atoms with Crippen LogP contribution in [0.4, 0.5) is 8.78 Å². The summed E-state index contributed by atoms with van der Waals surface area (Å²) in [5, 5.41) is 0. The molecule has 2 aliphatic carbocycles. The maximum absolute atomic E-state index is 13.9. The fourth-order valence-electron chi connectivity index (χ4n) is 5.03. The predicted octanol–water partition coefficient (Wildman–Crippen LogP) is 4.33. The molecule has 3 fully saturated rings. The summed E-state index contributed by atoms with van der Waals surface area (Å²) in [6, 6.07) is 4.66. The van der Waals surface area contributed by atoms with E-state index in [1.165, 1.54) is 43.9 Å². The summed E-state index contributed by atoms with van der Waals surface area (Å²) < 4.78 is 27.2. The molecule has 0 aromatic heterocycles. The highest BCUT2D eigenvalue weighted by Crippen LogP contribution is 2.47. The summed E-state index contributed by atoms with van der Waals surface area (Å²) in [6.45, 7) is 2.10. The molecule has 114 valence electrons. The molecule has 0 radical (unpaired) electrons. The molecule has 0 N–H and O–H groups in total. The number of rotatable bonds is 2. The monoisotopic (exact) mass is 291 g/mol. The van der Waals surface area contributed by atoms with Gasteiger partial charge in [0, 0.05) is 6.04 Å². The van der Waals surface area contributed by atoms with Gasteiger partial charge in [-0.05, 0) is 86.7 Å². The SMILES string of the molecule is Fc1ccc(F)c(C2CCN(C3C[C@@H]4CCC3C4)CC2)c1. The molecule has 3 aliphatic rings. The fraction of sp³-hybridized carbons (Fsp3) is 0.667. The first-order valence-electron chi connectivity index (χ1n) is 8.39. The summed E-state index contributed by atoms with van der Waals surface area (Å²) in [5.41, 5.74) is 0.586. The Kier molecular flexibility index (Phi) is 3.49. The molecular weight excluding hydrogens is 268 g/mol. The second-order valence-electron chi connectivity index (χ2n) is 7.22. The average molecular weight is 291 g/mol. The first kappa shape index (κ1) is 13.7. The lowest BCUT2D eigenvalue weighted by Gasteiger charge is -2.39. The number of benzene rings is 1. The van der Waals surface area contributed by atoms with Crippen LogP contribution in [0.2, 0.25) is 0 Å². The quantitative estimate of drug-likeness (QED) is 0.784. The molecular formula is C18H23F2N. The zero-order valence-corrected chi connectivity index (χ0v) is 12.4. The molecule has 3 atom stereocenters. The number of fused-ring (bicyclic) bond motifs is 2. The van der Waals surface area contributed by atoms with Gasteiger partial charge in [-0.15, -0.1) is 0 Å². The summed E-state index contributed by atoms with van der Waals surface area (Å²) >= 11 is 0. The van der Waals surface area contributed by atoms with E-state index in [0.29, 0.717) is 5.56 Å². The molecule has 1 nitrogen and oxygen atoms in total. The Balaban J connectivity index is 1.41. The van der Waals surface area contributed by atoms with Crippen molar-refractivity contribution < 1.29 is 8.78 Å². The van der Waals surface area contributed by atoms with E-state index in [1.807, 2.05) is 0 Å². The molecule has 2 unspecified atom stereocenters. The van der Waals surface area contributed by atoms with Gasteiger partial charge in [0.05, 0.1) is 0 Å². The van der Waals surface area contributed by atoms with Gasteiger partial charge < -0.3 is 4.90 Å². The molecule has 0 amide bonds. The van der Waals surface area contributed by atoms with E-state index < -0.39 is 0 Å². The Morgan fingerprint density at radius 2 is 1.76 bits per heavy atom. The van der Waals surface area contributed by atoms with E-state index in [1.54, 1.807) is 0 Å². The smallest absolute Gasteiger partial charge is 0.126 e. The Morgan fingerprint density at radius 3 is 2.43 bits per heavy atom. The highest BCUT2D eigenvalue weighted by atomic mass is 19.1. The van der Waals surface area contributed by atoms with E-state index in [4.69, 9.17) is 0 Å². The van der Waals surface area contributed by atoms with Gasteiger partial charge in [0.25, 0.3) is 0 Å². The average Bonchev–Trinajstić information content (AvgIpc) is 3.13. The molecule has 1 saturated heterocycles. The maximum Gasteiger partial charge on any atom is 0.126 e. The third-order valence-corrected chi connectivity index (χ3v) is 6.10. The van der Waals surface area contributed by atoms with Crippen molar-refractivity contribution in [3.05, 3.63) is 35.4 Å². The van der Waals surface area contributed by atoms with Crippen molar-refractivity contribution in [1.82, 2.24) is 4.90 Å². The van der Waals surface area contributed by atoms with Crippen LogP contribution in [0.5, 0.6) is 0 Å². The summed E-state index contributed by atoms with van der Waals surface area (Å²) in [7, 11) is 0. The second kappa shape index (κ2) is 5.35. The van der Waals surface area contributed by atoms with Crippen LogP contribution in [0.25, 0.3) is 0 Å². The fourth-order valence-corrected chi connectivity index (χ4v) is 5.03. The minimum absolute atomic E-state index is 0.190. The van der Waals surface area contributed by atoms with E-state index in [2.05, 4.69) is 4.90 Å². The van der Waals surface area contributed by atoms with Crippen molar-refractivity contribution in [2.45, 2.75) is 50.5 Å². The molecule has 1 aromatic rings. The molecule has 21 heavy (non-hydrogen) atoms. The normalized spacial score (nSPS) is 33.7. The number of likely N-dealkylation sites (tertiary alicyclic amines) is 1. The van der Waals surface area contributed by atoms with Crippen molar-refractivity contribution in [1.29, 1.82) is 0 Å². The van der Waals surface area contributed by atoms with Crippen molar-refractivity contribution in [3.63, 3.8) is 0 Å². The van der Waals surface area contributed by atoms with Crippen LogP contribution >= 0.6 is 0 Å². The minimum atomic E-state index is -0.318. The van der Waals surface area contributed by atoms with E-state index >= 15 is 0 Å². The van der Waals surface area contributed by atoms with E-state index in [-0.39, 0.29) is 17.6 Å². The van der Waals surface area contributed by atoms with Crippen LogP contribution in [-0.2, 0) is 0 Å². The Morgan fingerprint density at radius 1 is 0.952 bits per heavy atom. The molecule has 2 bridgehead atoms. The third-order valence-electron chi connectivity index (χ3n) is 6.10. The highest BCUT2D eigenvalue weighted by molar-refractivity contribution is 5.23. The van der Waals surface area contributed by atoms with Gasteiger partial charge >= 0.3 is 0 Å². The predicted molar refractivity (Wildman–Crippen MR) is 79.1 cm³/mol. The topological polar surface area (TPSA) is 3.24 Å². The number of piperidine rings is 1. The van der Waals surface area contributed by atoms with Crippen molar-refractivity contribution in [3.8, 4) is 0 Å². The first-order valence-corrected chi connectivity index (χ1v) is 8.39. The zero-order chi connectivity index (χ0) is 14.4. The highest BCUT2D eigenvalue weighted by Gasteiger charge is 2.42. The maximum atomic E-state index is 13.9. The molecule has 4 rings (SSSR count). The molecule has 1 aromatic carbocycles. The number of hydrogen-bond donors (Lipinski definition) is 0. The second-order valence-corrected chi connectivity index (χ2v) is 7.22. The molecule has 3 heteroatoms. The van der Waals surface area contributed by atoms with Gasteiger partial charge in [0.2, 0.25) is 0 Å². The van der Waals surface area contributed by atoms with Crippen LogP contribution in [0.3, 0.4) is 0 Å². The van der Waals surface area contributed by atoms with Crippen LogP contribution in [0.15, 0.2) is 18.2 Å². The lowest BCUT2D eigenvalue weighted by Crippen LogP contribution is -2.43. The zero-order valence-electron chi connectivity index (χ0n) is 12.4. The van der Waals surface area contributed by atoms with Gasteiger partial charge in [-0.2, -0.15) is 0 Å². The Labute approximate surface area is 125 Å². The number of nitrogens with zero attached hydrogens (tertiary/aromatic N) is 1. The minimum Gasteiger partial charge on any atom is -0.300 e. The van der Waals surface area contributed by atoms with Crippen LogP contribution < -0.4 is 0 Å². The van der Waals surface area contributed by atoms with Crippen LogP contribution in [0.1, 0.15) is 50.0 Å². The largest absolute Gasteiger partial charge is 0.300 e. The van der Waals surface area contributed by atoms with E-state index in [9.17, 15) is 8.78 Å². The molecule has 1 heterocycles. The van der Waals surface area contributed by atoms with Gasteiger partial charge in [-0.3, -0.25) is 0 Å². The molecule has 2 saturated carbocycles. The van der Waals surface area contributed by atoms with E-state index in [0.717, 1.165) is 43.8 Å². The Bertz CT molecular complexity index is 522. The van der Waals surface area contributed by atoms with Gasteiger partial charge in [-0.1, -0.05) is 6.42 Å². The summed E-state index contributed by atoms with van der Waals surface area (Å²) in [6.07, 6.45) is 7.59. The van der Waals surface area contributed by atoms with Crippen LogP contribution in [-0.4, -0.2) is 24.0 Å². The van der Waals surface area contributed by atoms with Crippen molar-refractivity contribution >= 4 is 0 Å². The van der Waals surface area contributed by atoms with Crippen molar-refractivity contribution in [2.75, 3.05) is 13.1 Å². The third kappa shape index (κ3) is 2.50. The van der Waals surface area contributed by atoms with Crippen LogP contribution in [0, 0.1) is 23.5 Å². The number of halogens is 2. The lowest BCUT2D eigenvalue weighted by atomic mass is 9.86. The van der Waals surface area contributed by atoms with Gasteiger partial charge in [-0.25, -0.2) is 8.78 Å². The lowest BCUT2D eigenvalue weighted by molar-refractivity contribution is 0.110. The number of hydrogen-bond acceptors (Lipinski definition) is 1. The molecule has 0 spiro atoms. The molecule has 1 aliphatic heterocycles. The van der Waals surface area contributed by atoms with Gasteiger partial charge in [0.1, 0.15) is 11.6 Å². The summed E-state index contributed by atoms with van der Waals surface area (Å²) in [5.74, 6) is 1.52. The first-order chi connectivity index (χ1) is 10.2. The van der Waals surface area contributed by atoms with Crippen molar-refractivity contribution in [2.24, 2.45) is 11.8 Å².